The third kappa shape index (κ3) is 3.76. The van der Waals surface area contributed by atoms with Crippen LogP contribution in [-0.2, 0) is 4.79 Å². The maximum Gasteiger partial charge on any atom is 0.228 e. The van der Waals surface area contributed by atoms with E-state index in [9.17, 15) is 4.79 Å². The predicted molar refractivity (Wildman–Crippen MR) is 66.3 cm³/mol. The summed E-state index contributed by atoms with van der Waals surface area (Å²) in [7, 11) is 0. The fourth-order valence-electron chi connectivity index (χ4n) is 1.77. The Hall–Kier alpha value is -0.0900. The van der Waals surface area contributed by atoms with Gasteiger partial charge in [-0.25, -0.2) is 0 Å². The molecule has 1 aliphatic heterocycles. The number of rotatable bonds is 2. The number of carbonyl (C=O) groups excluding carboxylic acids is 1. The SMILES string of the molecule is CC(C)(C)C(=O)N1CCN(CCBr)CC1. The smallest absolute Gasteiger partial charge is 0.228 e. The minimum absolute atomic E-state index is 0.238. The van der Waals surface area contributed by atoms with Gasteiger partial charge in [0.25, 0.3) is 0 Å². The zero-order chi connectivity index (χ0) is 11.5. The van der Waals surface area contributed by atoms with E-state index in [2.05, 4.69) is 20.8 Å². The van der Waals surface area contributed by atoms with E-state index in [1.165, 1.54) is 0 Å². The molecule has 4 heteroatoms. The van der Waals surface area contributed by atoms with Crippen LogP contribution in [0.2, 0.25) is 0 Å². The Bertz CT molecular complexity index is 217. The maximum atomic E-state index is 12.0. The molecule has 0 spiro atoms. The first-order valence-corrected chi connectivity index (χ1v) is 6.65. The summed E-state index contributed by atoms with van der Waals surface area (Å²) in [6.07, 6.45) is 0. The van der Waals surface area contributed by atoms with Gasteiger partial charge >= 0.3 is 0 Å². The molecule has 1 amide bonds. The Labute approximate surface area is 101 Å². The number of alkyl halides is 1. The van der Waals surface area contributed by atoms with E-state index < -0.39 is 0 Å². The molecular formula is C11H21BrN2O. The van der Waals surface area contributed by atoms with Gasteiger partial charge in [0.1, 0.15) is 0 Å². The van der Waals surface area contributed by atoms with Gasteiger partial charge in [0.05, 0.1) is 0 Å². The summed E-state index contributed by atoms with van der Waals surface area (Å²) in [5, 5.41) is 1.01. The van der Waals surface area contributed by atoms with Crippen LogP contribution < -0.4 is 0 Å². The van der Waals surface area contributed by atoms with Gasteiger partial charge in [-0.05, 0) is 0 Å². The van der Waals surface area contributed by atoms with E-state index in [4.69, 9.17) is 0 Å². The van der Waals surface area contributed by atoms with Crippen LogP contribution in [-0.4, -0.2) is 53.8 Å². The van der Waals surface area contributed by atoms with Crippen LogP contribution in [0.3, 0.4) is 0 Å². The van der Waals surface area contributed by atoms with Gasteiger partial charge in [0, 0.05) is 43.5 Å². The fraction of sp³-hybridized carbons (Fsp3) is 0.909. The van der Waals surface area contributed by atoms with Crippen molar-refractivity contribution in [2.75, 3.05) is 38.1 Å². The maximum absolute atomic E-state index is 12.0. The normalized spacial score (nSPS) is 19.3. The second-order valence-corrected chi connectivity index (χ2v) is 5.87. The number of carbonyl (C=O) groups is 1. The Morgan fingerprint density at radius 1 is 1.20 bits per heavy atom. The summed E-state index contributed by atoms with van der Waals surface area (Å²) in [5.74, 6) is 0.279. The monoisotopic (exact) mass is 276 g/mol. The first kappa shape index (κ1) is 13.0. The minimum Gasteiger partial charge on any atom is -0.340 e. The molecule has 1 aliphatic rings. The molecule has 0 aliphatic carbocycles. The van der Waals surface area contributed by atoms with E-state index in [-0.39, 0.29) is 11.3 Å². The topological polar surface area (TPSA) is 23.6 Å². The molecule has 0 radical (unpaired) electrons. The number of piperazine rings is 1. The van der Waals surface area contributed by atoms with E-state index in [1.54, 1.807) is 0 Å². The van der Waals surface area contributed by atoms with Crippen molar-refractivity contribution in [3.05, 3.63) is 0 Å². The lowest BCUT2D eigenvalue weighted by Crippen LogP contribution is -2.51. The van der Waals surface area contributed by atoms with Crippen LogP contribution in [0.4, 0.5) is 0 Å². The van der Waals surface area contributed by atoms with Crippen molar-refractivity contribution in [3.63, 3.8) is 0 Å². The van der Waals surface area contributed by atoms with E-state index in [0.717, 1.165) is 38.1 Å². The molecule has 1 fully saturated rings. The quantitative estimate of drug-likeness (QED) is 0.715. The predicted octanol–water partition coefficient (Wildman–Crippen LogP) is 1.57. The molecule has 0 saturated carbocycles. The highest BCUT2D eigenvalue weighted by molar-refractivity contribution is 9.09. The molecule has 0 aromatic rings. The summed E-state index contributed by atoms with van der Waals surface area (Å²) in [6.45, 7) is 10.8. The van der Waals surface area contributed by atoms with E-state index >= 15 is 0 Å². The lowest BCUT2D eigenvalue weighted by atomic mass is 9.94. The van der Waals surface area contributed by atoms with Gasteiger partial charge in [-0.1, -0.05) is 36.7 Å². The second-order valence-electron chi connectivity index (χ2n) is 5.07. The minimum atomic E-state index is -0.238. The molecule has 1 rings (SSSR count). The molecule has 0 bridgehead atoms. The fourth-order valence-corrected chi connectivity index (χ4v) is 2.27. The summed E-state index contributed by atoms with van der Waals surface area (Å²) in [6, 6.07) is 0. The summed E-state index contributed by atoms with van der Waals surface area (Å²) in [5.41, 5.74) is -0.238. The number of hydrogen-bond donors (Lipinski definition) is 0. The Balaban J connectivity index is 2.41. The van der Waals surface area contributed by atoms with Crippen molar-refractivity contribution in [3.8, 4) is 0 Å². The number of halogens is 1. The van der Waals surface area contributed by atoms with E-state index in [0.29, 0.717) is 0 Å². The number of amides is 1. The molecule has 1 heterocycles. The summed E-state index contributed by atoms with van der Waals surface area (Å²) < 4.78 is 0. The van der Waals surface area contributed by atoms with Crippen LogP contribution in [0.25, 0.3) is 0 Å². The summed E-state index contributed by atoms with van der Waals surface area (Å²) in [4.78, 5) is 16.4. The standard InChI is InChI=1S/C11H21BrN2O/c1-11(2,3)10(15)14-8-6-13(5-4-12)7-9-14/h4-9H2,1-3H3. The first-order chi connectivity index (χ1) is 6.95. The first-order valence-electron chi connectivity index (χ1n) is 5.53. The Morgan fingerprint density at radius 2 is 1.73 bits per heavy atom. The highest BCUT2D eigenvalue weighted by Crippen LogP contribution is 2.18. The van der Waals surface area contributed by atoms with Crippen molar-refractivity contribution < 1.29 is 4.79 Å². The molecule has 1 saturated heterocycles. The van der Waals surface area contributed by atoms with Gasteiger partial charge in [-0.15, -0.1) is 0 Å². The third-order valence-corrected chi connectivity index (χ3v) is 3.06. The van der Waals surface area contributed by atoms with Gasteiger partial charge in [-0.2, -0.15) is 0 Å². The van der Waals surface area contributed by atoms with Crippen LogP contribution in [0, 0.1) is 5.41 Å². The van der Waals surface area contributed by atoms with Crippen molar-refractivity contribution in [1.82, 2.24) is 9.80 Å². The van der Waals surface area contributed by atoms with Crippen molar-refractivity contribution in [1.29, 1.82) is 0 Å². The zero-order valence-electron chi connectivity index (χ0n) is 9.92. The third-order valence-electron chi connectivity index (χ3n) is 2.70. The van der Waals surface area contributed by atoms with Crippen LogP contribution in [0.5, 0.6) is 0 Å². The van der Waals surface area contributed by atoms with Crippen LogP contribution in [0.1, 0.15) is 20.8 Å². The lowest BCUT2D eigenvalue weighted by Gasteiger charge is -2.37. The highest BCUT2D eigenvalue weighted by Gasteiger charge is 2.29. The van der Waals surface area contributed by atoms with Crippen molar-refractivity contribution in [2.45, 2.75) is 20.8 Å². The molecular weight excluding hydrogens is 256 g/mol. The molecule has 3 nitrogen and oxygen atoms in total. The van der Waals surface area contributed by atoms with Gasteiger partial charge in [-0.3, -0.25) is 9.69 Å². The molecule has 0 aromatic carbocycles. The number of hydrogen-bond acceptors (Lipinski definition) is 2. The van der Waals surface area contributed by atoms with Gasteiger partial charge < -0.3 is 4.90 Å². The molecule has 0 atom stereocenters. The average Bonchev–Trinajstić information content (AvgIpc) is 2.17. The molecule has 0 N–H and O–H groups in total. The van der Waals surface area contributed by atoms with Crippen LogP contribution in [0.15, 0.2) is 0 Å². The average molecular weight is 277 g/mol. The Morgan fingerprint density at radius 3 is 2.13 bits per heavy atom. The largest absolute Gasteiger partial charge is 0.340 e. The zero-order valence-corrected chi connectivity index (χ0v) is 11.5. The lowest BCUT2D eigenvalue weighted by molar-refractivity contribution is -0.141. The molecule has 15 heavy (non-hydrogen) atoms. The van der Waals surface area contributed by atoms with Crippen molar-refractivity contribution in [2.24, 2.45) is 5.41 Å². The van der Waals surface area contributed by atoms with Gasteiger partial charge in [0.15, 0.2) is 0 Å². The second kappa shape index (κ2) is 5.30. The molecule has 0 aromatic heterocycles. The molecule has 0 unspecified atom stereocenters. The van der Waals surface area contributed by atoms with Gasteiger partial charge in [0.2, 0.25) is 5.91 Å². The summed E-state index contributed by atoms with van der Waals surface area (Å²) >= 11 is 3.44. The highest BCUT2D eigenvalue weighted by atomic mass is 79.9. The van der Waals surface area contributed by atoms with E-state index in [1.807, 2.05) is 25.7 Å². The van der Waals surface area contributed by atoms with Crippen LogP contribution >= 0.6 is 15.9 Å². The van der Waals surface area contributed by atoms with Crippen molar-refractivity contribution >= 4 is 21.8 Å². The molecule has 88 valence electrons. The number of nitrogens with zero attached hydrogens (tertiary/aromatic N) is 2. The Kier molecular flexibility index (Phi) is 4.59.